The third-order valence-electron chi connectivity index (χ3n) is 5.78. The van der Waals surface area contributed by atoms with Crippen LogP contribution in [-0.2, 0) is 15.2 Å². The van der Waals surface area contributed by atoms with Crippen LogP contribution in [0.2, 0.25) is 0 Å². The van der Waals surface area contributed by atoms with Crippen LogP contribution in [0.1, 0.15) is 0 Å². The van der Waals surface area contributed by atoms with Crippen molar-refractivity contribution in [2.24, 2.45) is 0 Å². The van der Waals surface area contributed by atoms with Gasteiger partial charge in [0, 0.05) is 0 Å². The SMILES string of the molecule is c1ccc([O][W]([c]2ccccc2)([c]2ccccc2)([c]2ccccc2)[c]2ccccc2)cc1. The number of para-hydroxylation sites is 1. The monoisotopic (exact) mass is 585 g/mol. The predicted molar refractivity (Wildman–Crippen MR) is 131 cm³/mol. The third-order valence-corrected chi connectivity index (χ3v) is 24.5. The second-order valence-corrected chi connectivity index (χ2v) is 21.8. The minimum atomic E-state index is -4.91. The molecule has 0 bridgehead atoms. The minimum absolute atomic E-state index is 0.887. The van der Waals surface area contributed by atoms with E-state index >= 15 is 0 Å². The first-order valence-corrected chi connectivity index (χ1v) is 17.8. The van der Waals surface area contributed by atoms with Gasteiger partial charge in [0.15, 0.2) is 0 Å². The van der Waals surface area contributed by atoms with Crippen LogP contribution in [0, 0.1) is 0 Å². The summed E-state index contributed by atoms with van der Waals surface area (Å²) in [5.41, 5.74) is 0. The third kappa shape index (κ3) is 3.13. The Morgan fingerprint density at radius 2 is 0.562 bits per heavy atom. The molecule has 0 N–H and O–H groups in total. The molecule has 5 aromatic carbocycles. The van der Waals surface area contributed by atoms with Gasteiger partial charge in [-0.1, -0.05) is 0 Å². The second kappa shape index (κ2) is 8.61. The van der Waals surface area contributed by atoms with Crippen molar-refractivity contribution < 1.29 is 18.6 Å². The second-order valence-electron chi connectivity index (χ2n) is 7.59. The number of hydrogen-bond donors (Lipinski definition) is 0. The Kier molecular flexibility index (Phi) is 5.51. The van der Waals surface area contributed by atoms with E-state index in [9.17, 15) is 0 Å². The molecule has 1 nitrogen and oxygen atoms in total. The fraction of sp³-hybridized carbons (Fsp3) is 0. The van der Waals surface area contributed by atoms with E-state index in [1.54, 1.807) is 0 Å². The van der Waals surface area contributed by atoms with Gasteiger partial charge in [-0.15, -0.1) is 0 Å². The van der Waals surface area contributed by atoms with Crippen LogP contribution in [0.25, 0.3) is 0 Å². The topological polar surface area (TPSA) is 9.23 Å². The molecule has 5 rings (SSSR count). The molecule has 2 heteroatoms. The number of rotatable bonds is 6. The normalized spacial score (nSPS) is 12.4. The van der Waals surface area contributed by atoms with Crippen LogP contribution in [0.5, 0.6) is 5.75 Å². The molecule has 0 radical (unpaired) electrons. The van der Waals surface area contributed by atoms with Crippen LogP contribution in [0.3, 0.4) is 0 Å². The average molecular weight is 585 g/mol. The van der Waals surface area contributed by atoms with Gasteiger partial charge in [0.2, 0.25) is 0 Å². The van der Waals surface area contributed by atoms with E-state index in [-0.39, 0.29) is 0 Å². The Labute approximate surface area is 191 Å². The first kappa shape index (κ1) is 20.5. The summed E-state index contributed by atoms with van der Waals surface area (Å²) in [4.78, 5) is 0. The molecule has 0 aliphatic heterocycles. The molecule has 0 aliphatic carbocycles. The Morgan fingerprint density at radius 1 is 0.312 bits per heavy atom. The summed E-state index contributed by atoms with van der Waals surface area (Å²) in [7, 11) is 0. The van der Waals surface area contributed by atoms with Gasteiger partial charge in [0.1, 0.15) is 0 Å². The van der Waals surface area contributed by atoms with Crippen molar-refractivity contribution in [2.75, 3.05) is 0 Å². The first-order valence-electron chi connectivity index (χ1n) is 10.7. The Bertz CT molecular complexity index is 1100. The van der Waals surface area contributed by atoms with E-state index < -0.39 is 15.2 Å². The Morgan fingerprint density at radius 3 is 0.844 bits per heavy atom. The van der Waals surface area contributed by atoms with Crippen LogP contribution < -0.4 is 19.2 Å². The summed E-state index contributed by atoms with van der Waals surface area (Å²) in [6.45, 7) is 0. The van der Waals surface area contributed by atoms with E-state index in [2.05, 4.69) is 133 Å². The predicted octanol–water partition coefficient (Wildman–Crippen LogP) is 4.97. The van der Waals surface area contributed by atoms with Crippen LogP contribution >= 0.6 is 0 Å². The van der Waals surface area contributed by atoms with Gasteiger partial charge in [-0.05, 0) is 0 Å². The molecule has 157 valence electrons. The molecule has 0 spiro atoms. The van der Waals surface area contributed by atoms with Crippen LogP contribution in [-0.4, -0.2) is 0 Å². The molecule has 0 atom stereocenters. The van der Waals surface area contributed by atoms with Crippen LogP contribution in [0.4, 0.5) is 0 Å². The number of hydrogen-bond acceptors (Lipinski definition) is 1. The van der Waals surface area contributed by atoms with Crippen molar-refractivity contribution >= 4 is 15.8 Å². The van der Waals surface area contributed by atoms with E-state index in [0.717, 1.165) is 5.75 Å². The molecular weight excluding hydrogens is 560 g/mol. The first-order chi connectivity index (χ1) is 15.8. The molecule has 0 saturated heterocycles. The quantitative estimate of drug-likeness (QED) is 0.274. The van der Waals surface area contributed by atoms with E-state index in [0.29, 0.717) is 0 Å². The molecule has 0 aromatic heterocycles. The zero-order chi connectivity index (χ0) is 21.7. The molecule has 0 aliphatic rings. The molecular formula is C30H25OW. The summed E-state index contributed by atoms with van der Waals surface area (Å²) < 4.78 is 12.5. The van der Waals surface area contributed by atoms with Crippen molar-refractivity contribution in [1.82, 2.24) is 0 Å². The summed E-state index contributed by atoms with van der Waals surface area (Å²) >= 11 is -4.91. The molecule has 0 unspecified atom stereocenters. The molecule has 0 saturated carbocycles. The Balaban J connectivity index is 2.04. The zero-order valence-electron chi connectivity index (χ0n) is 17.8. The maximum atomic E-state index is 7.54. The van der Waals surface area contributed by atoms with Crippen molar-refractivity contribution in [3.05, 3.63) is 152 Å². The molecule has 0 amide bonds. The molecule has 0 heterocycles. The summed E-state index contributed by atoms with van der Waals surface area (Å²) in [6.07, 6.45) is 0. The van der Waals surface area contributed by atoms with Crippen molar-refractivity contribution in [3.8, 4) is 5.75 Å². The van der Waals surface area contributed by atoms with Gasteiger partial charge in [0.05, 0.1) is 0 Å². The van der Waals surface area contributed by atoms with E-state index in [1.165, 1.54) is 15.8 Å². The Hall–Kier alpha value is -3.41. The van der Waals surface area contributed by atoms with Gasteiger partial charge >= 0.3 is 192 Å². The molecule has 0 fully saturated rings. The number of benzene rings is 5. The summed E-state index contributed by atoms with van der Waals surface area (Å²) in [5, 5.41) is 0. The molecule has 5 aromatic rings. The maximum absolute atomic E-state index is 7.54. The zero-order valence-corrected chi connectivity index (χ0v) is 20.7. The van der Waals surface area contributed by atoms with Gasteiger partial charge in [-0.2, -0.15) is 0 Å². The van der Waals surface area contributed by atoms with Gasteiger partial charge < -0.3 is 0 Å². The van der Waals surface area contributed by atoms with Crippen molar-refractivity contribution in [3.63, 3.8) is 0 Å². The van der Waals surface area contributed by atoms with Gasteiger partial charge in [-0.3, -0.25) is 0 Å². The van der Waals surface area contributed by atoms with E-state index in [1.807, 2.05) is 18.2 Å². The average Bonchev–Trinajstić information content (AvgIpc) is 2.90. The van der Waals surface area contributed by atoms with Crippen molar-refractivity contribution in [1.29, 1.82) is 0 Å². The standard InChI is InChI=1S/C6H6O.4C6H5.W/c7-6-4-2-1-3-5-6;4*1-2-4-6-5-3-1;/h1-5,7H;4*1-5H;/q;;;;;+1/p-1. The summed E-state index contributed by atoms with van der Waals surface area (Å²) in [6, 6.07) is 53.6. The fourth-order valence-electron chi connectivity index (χ4n) is 4.40. The molecule has 32 heavy (non-hydrogen) atoms. The van der Waals surface area contributed by atoms with Crippen molar-refractivity contribution in [2.45, 2.75) is 0 Å². The summed E-state index contributed by atoms with van der Waals surface area (Å²) in [5.74, 6) is 0.887. The van der Waals surface area contributed by atoms with E-state index in [4.69, 9.17) is 3.39 Å². The van der Waals surface area contributed by atoms with Gasteiger partial charge in [-0.25, -0.2) is 0 Å². The van der Waals surface area contributed by atoms with Crippen LogP contribution in [0.15, 0.2) is 152 Å². The fourth-order valence-corrected chi connectivity index (χ4v) is 23.2. The van der Waals surface area contributed by atoms with Gasteiger partial charge in [0.25, 0.3) is 0 Å².